The number of nitrogens with zero attached hydrogens (tertiary/aromatic N) is 5. The SMILES string of the molecule is Cc1csc(NC(=O)CCCn2cnc3c2c(=O)n(C)c(=O)n3C)n1. The van der Waals surface area contributed by atoms with E-state index < -0.39 is 11.2 Å². The molecule has 0 spiro atoms. The predicted octanol–water partition coefficient (Wildman–Crippen LogP) is 0.618. The van der Waals surface area contributed by atoms with Crippen molar-refractivity contribution in [2.45, 2.75) is 26.3 Å². The molecule has 0 saturated heterocycles. The Hall–Kier alpha value is -2.75. The third-order valence-electron chi connectivity index (χ3n) is 3.89. The summed E-state index contributed by atoms with van der Waals surface area (Å²) in [5.74, 6) is -0.126. The van der Waals surface area contributed by atoms with E-state index >= 15 is 0 Å². The molecule has 3 rings (SSSR count). The molecule has 3 aromatic heterocycles. The second-order valence-corrected chi connectivity index (χ2v) is 6.62. The van der Waals surface area contributed by atoms with E-state index in [1.807, 2.05) is 12.3 Å². The minimum atomic E-state index is -0.416. The monoisotopic (exact) mass is 362 g/mol. The molecule has 0 fully saturated rings. The van der Waals surface area contributed by atoms with Crippen molar-refractivity contribution in [2.24, 2.45) is 14.1 Å². The van der Waals surface area contributed by atoms with E-state index in [1.54, 1.807) is 11.6 Å². The number of carbonyl (C=O) groups is 1. The maximum atomic E-state index is 12.3. The zero-order valence-corrected chi connectivity index (χ0v) is 15.0. The number of nitrogens with one attached hydrogen (secondary N) is 1. The molecule has 0 aliphatic rings. The Bertz CT molecular complexity index is 1060. The van der Waals surface area contributed by atoms with Crippen molar-refractivity contribution < 1.29 is 4.79 Å². The topological polar surface area (TPSA) is 104 Å². The summed E-state index contributed by atoms with van der Waals surface area (Å²) in [7, 11) is 3.01. The second-order valence-electron chi connectivity index (χ2n) is 5.76. The molecule has 25 heavy (non-hydrogen) atoms. The molecule has 3 heterocycles. The van der Waals surface area contributed by atoms with Gasteiger partial charge in [0.1, 0.15) is 0 Å². The molecule has 1 amide bonds. The number of amides is 1. The van der Waals surface area contributed by atoms with E-state index in [0.717, 1.165) is 10.3 Å². The molecule has 1 N–H and O–H groups in total. The average Bonchev–Trinajstić information content (AvgIpc) is 3.17. The van der Waals surface area contributed by atoms with Gasteiger partial charge in [-0.3, -0.25) is 18.7 Å². The molecule has 9 nitrogen and oxygen atoms in total. The summed E-state index contributed by atoms with van der Waals surface area (Å²) in [6, 6.07) is 0. The number of hydrogen-bond acceptors (Lipinski definition) is 6. The van der Waals surface area contributed by atoms with Crippen molar-refractivity contribution >= 4 is 33.5 Å². The molecule has 0 radical (unpaired) electrons. The van der Waals surface area contributed by atoms with Crippen molar-refractivity contribution in [3.05, 3.63) is 38.2 Å². The minimum absolute atomic E-state index is 0.126. The number of imidazole rings is 1. The Morgan fingerprint density at radius 1 is 1.28 bits per heavy atom. The summed E-state index contributed by atoms with van der Waals surface area (Å²) < 4.78 is 4.07. The third kappa shape index (κ3) is 3.25. The molecular weight excluding hydrogens is 344 g/mol. The molecule has 0 atom stereocenters. The van der Waals surface area contributed by atoms with Crippen molar-refractivity contribution in [1.29, 1.82) is 0 Å². The van der Waals surface area contributed by atoms with Gasteiger partial charge in [-0.1, -0.05) is 0 Å². The van der Waals surface area contributed by atoms with E-state index in [2.05, 4.69) is 15.3 Å². The fourth-order valence-electron chi connectivity index (χ4n) is 2.57. The summed E-state index contributed by atoms with van der Waals surface area (Å²) in [6.07, 6.45) is 2.35. The van der Waals surface area contributed by atoms with Crippen molar-refractivity contribution in [3.63, 3.8) is 0 Å². The van der Waals surface area contributed by atoms with Gasteiger partial charge in [-0.2, -0.15) is 0 Å². The van der Waals surface area contributed by atoms with Crippen LogP contribution in [0.2, 0.25) is 0 Å². The van der Waals surface area contributed by atoms with Crippen LogP contribution in [-0.4, -0.2) is 29.6 Å². The molecule has 0 saturated carbocycles. The zero-order chi connectivity index (χ0) is 18.1. The van der Waals surface area contributed by atoms with Gasteiger partial charge in [0.15, 0.2) is 16.3 Å². The van der Waals surface area contributed by atoms with Crippen LogP contribution in [0.25, 0.3) is 11.2 Å². The summed E-state index contributed by atoms with van der Waals surface area (Å²) in [6.45, 7) is 2.32. The van der Waals surface area contributed by atoms with E-state index in [9.17, 15) is 14.4 Å². The maximum absolute atomic E-state index is 12.3. The lowest BCUT2D eigenvalue weighted by atomic mass is 10.3. The third-order valence-corrected chi connectivity index (χ3v) is 4.76. The average molecular weight is 362 g/mol. The first-order valence-electron chi connectivity index (χ1n) is 7.71. The molecule has 0 aliphatic heterocycles. The van der Waals surface area contributed by atoms with Crippen LogP contribution in [0.5, 0.6) is 0 Å². The molecule has 0 bridgehead atoms. The standard InChI is InChI=1S/C15H18N6O3S/c1-9-7-25-14(17-9)18-10(22)5-4-6-21-8-16-12-11(21)13(23)20(3)15(24)19(12)2/h7-8H,4-6H2,1-3H3,(H,17,18,22). The first-order valence-corrected chi connectivity index (χ1v) is 8.59. The summed E-state index contributed by atoms with van der Waals surface area (Å²) in [5, 5.41) is 5.20. The zero-order valence-electron chi connectivity index (χ0n) is 14.1. The van der Waals surface area contributed by atoms with Crippen molar-refractivity contribution in [1.82, 2.24) is 23.7 Å². The fourth-order valence-corrected chi connectivity index (χ4v) is 3.27. The van der Waals surface area contributed by atoms with E-state index in [-0.39, 0.29) is 5.91 Å². The molecular formula is C15H18N6O3S. The van der Waals surface area contributed by atoms with Crippen LogP contribution in [0.1, 0.15) is 18.5 Å². The molecule has 0 unspecified atom stereocenters. The van der Waals surface area contributed by atoms with Gasteiger partial charge in [-0.05, 0) is 13.3 Å². The number of carbonyl (C=O) groups excluding carboxylic acids is 1. The Labute approximate surface area is 146 Å². The van der Waals surface area contributed by atoms with Gasteiger partial charge >= 0.3 is 5.69 Å². The number of thiazole rings is 1. The lowest BCUT2D eigenvalue weighted by Crippen LogP contribution is -2.37. The molecule has 0 aromatic carbocycles. The summed E-state index contributed by atoms with van der Waals surface area (Å²) in [5.41, 5.74) is 0.766. The highest BCUT2D eigenvalue weighted by molar-refractivity contribution is 7.13. The van der Waals surface area contributed by atoms with Gasteiger partial charge < -0.3 is 9.88 Å². The van der Waals surface area contributed by atoms with Crippen LogP contribution in [0.15, 0.2) is 21.3 Å². The lowest BCUT2D eigenvalue weighted by molar-refractivity contribution is -0.116. The molecule has 10 heteroatoms. The van der Waals surface area contributed by atoms with E-state index in [4.69, 9.17) is 0 Å². The number of anilines is 1. The number of rotatable bonds is 5. The first-order chi connectivity index (χ1) is 11.9. The van der Waals surface area contributed by atoms with Crippen LogP contribution in [-0.2, 0) is 25.4 Å². The Kier molecular flexibility index (Phi) is 4.53. The molecule has 3 aromatic rings. The first kappa shape index (κ1) is 17.1. The number of fused-ring (bicyclic) bond motifs is 1. The van der Waals surface area contributed by atoms with Crippen molar-refractivity contribution in [3.8, 4) is 0 Å². The maximum Gasteiger partial charge on any atom is 0.332 e. The second kappa shape index (κ2) is 6.63. The van der Waals surface area contributed by atoms with Crippen LogP contribution in [0.4, 0.5) is 5.13 Å². The quantitative estimate of drug-likeness (QED) is 0.716. The Morgan fingerprint density at radius 3 is 2.72 bits per heavy atom. The van der Waals surface area contributed by atoms with Crippen LogP contribution in [0.3, 0.4) is 0 Å². The van der Waals surface area contributed by atoms with Crippen LogP contribution in [0, 0.1) is 6.92 Å². The highest BCUT2D eigenvalue weighted by Gasteiger charge is 2.14. The fraction of sp³-hybridized carbons (Fsp3) is 0.400. The molecule has 132 valence electrons. The smallest absolute Gasteiger partial charge is 0.325 e. The van der Waals surface area contributed by atoms with E-state index in [1.165, 1.54) is 29.3 Å². The van der Waals surface area contributed by atoms with Gasteiger partial charge in [0.05, 0.1) is 12.0 Å². The highest BCUT2D eigenvalue weighted by atomic mass is 32.1. The Morgan fingerprint density at radius 2 is 2.04 bits per heavy atom. The van der Waals surface area contributed by atoms with E-state index in [0.29, 0.717) is 35.7 Å². The van der Waals surface area contributed by atoms with Crippen molar-refractivity contribution in [2.75, 3.05) is 5.32 Å². The Balaban J connectivity index is 1.71. The summed E-state index contributed by atoms with van der Waals surface area (Å²) >= 11 is 1.38. The largest absolute Gasteiger partial charge is 0.332 e. The number of aromatic nitrogens is 5. The lowest BCUT2D eigenvalue weighted by Gasteiger charge is -2.06. The normalized spacial score (nSPS) is 11.2. The number of hydrogen-bond donors (Lipinski definition) is 1. The summed E-state index contributed by atoms with van der Waals surface area (Å²) in [4.78, 5) is 44.5. The predicted molar refractivity (Wildman–Crippen MR) is 94.9 cm³/mol. The minimum Gasteiger partial charge on any atom is -0.325 e. The van der Waals surface area contributed by atoms with Gasteiger partial charge in [0.2, 0.25) is 5.91 Å². The van der Waals surface area contributed by atoms with Crippen LogP contribution < -0.4 is 16.6 Å². The molecule has 0 aliphatic carbocycles. The van der Waals surface area contributed by atoms with Gasteiger partial charge in [0.25, 0.3) is 5.56 Å². The van der Waals surface area contributed by atoms with Gasteiger partial charge in [0, 0.05) is 32.4 Å². The van der Waals surface area contributed by atoms with Crippen LogP contribution >= 0.6 is 11.3 Å². The highest BCUT2D eigenvalue weighted by Crippen LogP contribution is 2.15. The van der Waals surface area contributed by atoms with Gasteiger partial charge in [-0.15, -0.1) is 11.3 Å². The van der Waals surface area contributed by atoms with Gasteiger partial charge in [-0.25, -0.2) is 14.8 Å². The number of aryl methyl sites for hydroxylation is 3.